The highest BCUT2D eigenvalue weighted by Gasteiger charge is 2.30. The molecule has 4 rings (SSSR count). The van der Waals surface area contributed by atoms with Crippen molar-refractivity contribution in [3.05, 3.63) is 83.4 Å². The average molecular weight is 361 g/mol. The number of hydrogen-bond donors (Lipinski definition) is 3. The standard InChI is InChI=1S/C21H15NO5/c23-17-9-18(24)21(26)19(20(17)25)15-10-22-16-8-13(6-7-14(15)16)27-11-12-4-2-1-3-5-12/h1-10,22-23,26H,11H2. The van der Waals surface area contributed by atoms with Gasteiger partial charge < -0.3 is 19.9 Å². The Morgan fingerprint density at radius 1 is 1.00 bits per heavy atom. The van der Waals surface area contributed by atoms with E-state index in [1.54, 1.807) is 18.2 Å². The highest BCUT2D eigenvalue weighted by molar-refractivity contribution is 6.38. The Bertz CT molecular complexity index is 1120. The topological polar surface area (TPSA) is 99.6 Å². The van der Waals surface area contributed by atoms with Gasteiger partial charge in [-0.3, -0.25) is 9.59 Å². The van der Waals surface area contributed by atoms with Gasteiger partial charge in [0.15, 0.2) is 11.5 Å². The zero-order chi connectivity index (χ0) is 19.0. The van der Waals surface area contributed by atoms with Gasteiger partial charge in [0.25, 0.3) is 0 Å². The maximum Gasteiger partial charge on any atom is 0.231 e. The van der Waals surface area contributed by atoms with Crippen LogP contribution in [0.15, 0.2) is 72.3 Å². The number of Topliss-reactive ketones (excluding diaryl/α,β-unsaturated/α-hetero) is 1. The minimum atomic E-state index is -0.806. The highest BCUT2D eigenvalue weighted by atomic mass is 16.5. The number of rotatable bonds is 4. The number of ether oxygens (including phenoxy) is 1. The lowest BCUT2D eigenvalue weighted by Crippen LogP contribution is -2.18. The van der Waals surface area contributed by atoms with Crippen LogP contribution in [-0.4, -0.2) is 26.8 Å². The predicted molar refractivity (Wildman–Crippen MR) is 99.3 cm³/mol. The Kier molecular flexibility index (Phi) is 4.01. The summed E-state index contributed by atoms with van der Waals surface area (Å²) in [6.07, 6.45) is 2.23. The van der Waals surface area contributed by atoms with E-state index in [1.807, 2.05) is 30.3 Å². The van der Waals surface area contributed by atoms with Crippen molar-refractivity contribution in [3.8, 4) is 5.75 Å². The third kappa shape index (κ3) is 2.97. The summed E-state index contributed by atoms with van der Waals surface area (Å²) in [6, 6.07) is 15.0. The molecule has 3 N–H and O–H groups in total. The Morgan fingerprint density at radius 3 is 2.56 bits per heavy atom. The van der Waals surface area contributed by atoms with Gasteiger partial charge in [0, 0.05) is 34.8 Å². The van der Waals surface area contributed by atoms with E-state index >= 15 is 0 Å². The Labute approximate surface area is 154 Å². The quantitative estimate of drug-likeness (QED) is 0.617. The number of H-pyrrole nitrogens is 1. The van der Waals surface area contributed by atoms with Crippen molar-refractivity contribution in [3.63, 3.8) is 0 Å². The largest absolute Gasteiger partial charge is 0.504 e. The smallest absolute Gasteiger partial charge is 0.231 e. The van der Waals surface area contributed by atoms with Crippen molar-refractivity contribution >= 4 is 28.0 Å². The molecule has 27 heavy (non-hydrogen) atoms. The summed E-state index contributed by atoms with van der Waals surface area (Å²) >= 11 is 0. The minimum absolute atomic E-state index is 0.218. The SMILES string of the molecule is O=C1C=C(O)C(=O)C(c2c[nH]c3cc(OCc4ccccc4)ccc23)=C1O. The fourth-order valence-corrected chi connectivity index (χ4v) is 3.01. The van der Waals surface area contributed by atoms with E-state index in [9.17, 15) is 19.8 Å². The second kappa shape index (κ2) is 6.49. The van der Waals surface area contributed by atoms with Gasteiger partial charge in [0.2, 0.25) is 11.6 Å². The van der Waals surface area contributed by atoms with Gasteiger partial charge in [-0.05, 0) is 17.7 Å². The van der Waals surface area contributed by atoms with Crippen LogP contribution in [0.3, 0.4) is 0 Å². The van der Waals surface area contributed by atoms with E-state index < -0.39 is 23.1 Å². The van der Waals surface area contributed by atoms with Crippen LogP contribution in [0, 0.1) is 0 Å². The van der Waals surface area contributed by atoms with Crippen LogP contribution in [0.25, 0.3) is 16.5 Å². The Hall–Kier alpha value is -3.80. The molecule has 134 valence electrons. The number of aromatic amines is 1. The molecular formula is C21H15NO5. The molecule has 3 aromatic rings. The number of fused-ring (bicyclic) bond motifs is 1. The number of benzene rings is 2. The molecule has 0 bridgehead atoms. The van der Waals surface area contributed by atoms with E-state index in [1.165, 1.54) is 6.20 Å². The van der Waals surface area contributed by atoms with E-state index in [2.05, 4.69) is 4.98 Å². The Balaban J connectivity index is 1.66. The molecule has 0 unspecified atom stereocenters. The number of carbonyl (C=O) groups is 2. The fraction of sp³-hybridized carbons (Fsp3) is 0.0476. The van der Waals surface area contributed by atoms with Crippen LogP contribution >= 0.6 is 0 Å². The molecule has 0 fully saturated rings. The molecule has 0 spiro atoms. The van der Waals surface area contributed by atoms with Crippen molar-refractivity contribution in [2.75, 3.05) is 0 Å². The molecule has 1 aromatic heterocycles. The predicted octanol–water partition coefficient (Wildman–Crippen LogP) is 3.61. The average Bonchev–Trinajstić information content (AvgIpc) is 3.09. The lowest BCUT2D eigenvalue weighted by molar-refractivity contribution is -0.117. The molecule has 6 nitrogen and oxygen atoms in total. The molecule has 1 heterocycles. The monoisotopic (exact) mass is 361 g/mol. The summed E-state index contributed by atoms with van der Waals surface area (Å²) < 4.78 is 5.78. The van der Waals surface area contributed by atoms with Crippen LogP contribution < -0.4 is 4.74 Å². The molecule has 0 aliphatic heterocycles. The minimum Gasteiger partial charge on any atom is -0.504 e. The zero-order valence-corrected chi connectivity index (χ0v) is 14.1. The van der Waals surface area contributed by atoms with Gasteiger partial charge in [-0.1, -0.05) is 30.3 Å². The maximum atomic E-state index is 12.2. The summed E-state index contributed by atoms with van der Waals surface area (Å²) in [7, 11) is 0. The number of ketones is 2. The lowest BCUT2D eigenvalue weighted by Gasteiger charge is -2.12. The summed E-state index contributed by atoms with van der Waals surface area (Å²) in [5.41, 5.74) is 1.83. The second-order valence-electron chi connectivity index (χ2n) is 6.13. The van der Waals surface area contributed by atoms with Gasteiger partial charge in [-0.2, -0.15) is 0 Å². The number of hydrogen-bond acceptors (Lipinski definition) is 5. The van der Waals surface area contributed by atoms with Crippen LogP contribution in [0.4, 0.5) is 0 Å². The summed E-state index contributed by atoms with van der Waals surface area (Å²) in [4.78, 5) is 27.0. The third-order valence-electron chi connectivity index (χ3n) is 4.37. The summed E-state index contributed by atoms with van der Waals surface area (Å²) in [5.74, 6) is -2.34. The zero-order valence-electron chi connectivity index (χ0n) is 14.1. The number of nitrogens with one attached hydrogen (secondary N) is 1. The van der Waals surface area contributed by atoms with Crippen molar-refractivity contribution in [2.24, 2.45) is 0 Å². The summed E-state index contributed by atoms with van der Waals surface area (Å²) in [6.45, 7) is 0.414. The fourth-order valence-electron chi connectivity index (χ4n) is 3.01. The lowest BCUT2D eigenvalue weighted by atomic mass is 9.93. The summed E-state index contributed by atoms with van der Waals surface area (Å²) in [5, 5.41) is 20.3. The molecule has 1 aliphatic rings. The van der Waals surface area contributed by atoms with Crippen molar-refractivity contribution in [1.82, 2.24) is 4.98 Å². The number of aliphatic hydroxyl groups is 2. The first-order valence-electron chi connectivity index (χ1n) is 8.26. The van der Waals surface area contributed by atoms with Crippen molar-refractivity contribution in [1.29, 1.82) is 0 Å². The van der Waals surface area contributed by atoms with Crippen molar-refractivity contribution < 1.29 is 24.5 Å². The number of carbonyl (C=O) groups excluding carboxylic acids is 2. The van der Waals surface area contributed by atoms with E-state index in [-0.39, 0.29) is 5.57 Å². The molecule has 0 atom stereocenters. The molecule has 1 aliphatic carbocycles. The molecule has 0 saturated heterocycles. The second-order valence-corrected chi connectivity index (χ2v) is 6.13. The Morgan fingerprint density at radius 2 is 1.78 bits per heavy atom. The maximum absolute atomic E-state index is 12.2. The van der Waals surface area contributed by atoms with E-state index in [4.69, 9.17) is 4.74 Å². The van der Waals surface area contributed by atoms with Gasteiger partial charge in [0.05, 0.1) is 5.57 Å². The number of aliphatic hydroxyl groups excluding tert-OH is 2. The number of aromatic nitrogens is 1. The van der Waals surface area contributed by atoms with Crippen LogP contribution in [0.2, 0.25) is 0 Å². The third-order valence-corrected chi connectivity index (χ3v) is 4.37. The molecule has 0 saturated carbocycles. The molecule has 2 aromatic carbocycles. The number of allylic oxidation sites excluding steroid dienone is 2. The molecular weight excluding hydrogens is 346 g/mol. The van der Waals surface area contributed by atoms with Gasteiger partial charge in [-0.25, -0.2) is 0 Å². The molecule has 0 radical (unpaired) electrons. The van der Waals surface area contributed by atoms with Crippen molar-refractivity contribution in [2.45, 2.75) is 6.61 Å². The van der Waals surface area contributed by atoms with Crippen LogP contribution in [0.5, 0.6) is 5.75 Å². The van der Waals surface area contributed by atoms with Crippen LogP contribution in [-0.2, 0) is 16.2 Å². The van der Waals surface area contributed by atoms with Gasteiger partial charge >= 0.3 is 0 Å². The van der Waals surface area contributed by atoms with E-state index in [0.29, 0.717) is 34.9 Å². The first-order valence-corrected chi connectivity index (χ1v) is 8.26. The van der Waals surface area contributed by atoms with Gasteiger partial charge in [-0.15, -0.1) is 0 Å². The van der Waals surface area contributed by atoms with Crippen LogP contribution in [0.1, 0.15) is 11.1 Å². The van der Waals surface area contributed by atoms with E-state index in [0.717, 1.165) is 5.56 Å². The molecule has 0 amide bonds. The van der Waals surface area contributed by atoms with Gasteiger partial charge in [0.1, 0.15) is 12.4 Å². The normalized spacial score (nSPS) is 14.6. The first-order chi connectivity index (χ1) is 13.0. The molecule has 6 heteroatoms. The first kappa shape index (κ1) is 16.7. The highest BCUT2D eigenvalue weighted by Crippen LogP contribution is 2.33.